The first-order valence-corrected chi connectivity index (χ1v) is 9.73. The third-order valence-corrected chi connectivity index (χ3v) is 5.69. The second kappa shape index (κ2) is 8.01. The first-order chi connectivity index (χ1) is 14.4. The number of carbonyl (C=O) groups excluding carboxylic acids is 1. The molecule has 1 unspecified atom stereocenters. The zero-order chi connectivity index (χ0) is 21.3. The third kappa shape index (κ3) is 3.51. The Morgan fingerprint density at radius 3 is 2.90 bits per heavy atom. The molecule has 0 saturated carbocycles. The zero-order valence-corrected chi connectivity index (χ0v) is 16.2. The molecule has 6 nitrogen and oxygen atoms in total. The highest BCUT2D eigenvalue weighted by Crippen LogP contribution is 2.40. The van der Waals surface area contributed by atoms with Crippen LogP contribution in [0.1, 0.15) is 17.5 Å². The number of benzene rings is 2. The fourth-order valence-corrected chi connectivity index (χ4v) is 4.05. The Kier molecular flexibility index (Phi) is 5.41. The van der Waals surface area contributed by atoms with Crippen molar-refractivity contribution < 1.29 is 23.0 Å². The van der Waals surface area contributed by atoms with Crippen LogP contribution in [0.4, 0.5) is 8.78 Å². The van der Waals surface area contributed by atoms with Crippen LogP contribution in [0.15, 0.2) is 30.3 Å². The predicted molar refractivity (Wildman–Crippen MR) is 104 cm³/mol. The quantitative estimate of drug-likeness (QED) is 0.803. The van der Waals surface area contributed by atoms with Gasteiger partial charge >= 0.3 is 0 Å². The van der Waals surface area contributed by atoms with Crippen LogP contribution >= 0.6 is 0 Å². The van der Waals surface area contributed by atoms with Gasteiger partial charge in [-0.3, -0.25) is 4.79 Å². The molecule has 0 radical (unpaired) electrons. The number of amides is 1. The fourth-order valence-electron chi connectivity index (χ4n) is 4.05. The Morgan fingerprint density at radius 1 is 1.30 bits per heavy atom. The third-order valence-electron chi connectivity index (χ3n) is 5.69. The summed E-state index contributed by atoms with van der Waals surface area (Å²) in [5.41, 5.74) is 6.14. The molecule has 2 aliphatic heterocycles. The largest absolute Gasteiger partial charge is 0.488 e. The molecule has 0 aliphatic carbocycles. The molecule has 156 valence electrons. The Hall–Kier alpha value is -3.02. The van der Waals surface area contributed by atoms with E-state index >= 15 is 4.39 Å². The highest BCUT2D eigenvalue weighted by Gasteiger charge is 2.47. The molecular formula is C22H21F2N3O3. The molecule has 2 atom stereocenters. The molecule has 1 fully saturated rings. The van der Waals surface area contributed by atoms with Gasteiger partial charge in [0.25, 0.3) is 5.91 Å². The fraction of sp³-hybridized carbons (Fsp3) is 0.364. The number of halogens is 2. The lowest BCUT2D eigenvalue weighted by Gasteiger charge is -2.33. The van der Waals surface area contributed by atoms with Gasteiger partial charge in [0.1, 0.15) is 24.0 Å². The zero-order valence-electron chi connectivity index (χ0n) is 16.2. The van der Waals surface area contributed by atoms with Crippen LogP contribution in [-0.4, -0.2) is 31.2 Å². The van der Waals surface area contributed by atoms with Crippen molar-refractivity contribution in [1.29, 1.82) is 5.26 Å². The SMILES string of the molecule is N#C[C@H](Cc1cc2c(cc1F)-c1ccc(F)cc1CO2)C1(C(N)=O)CNCCCO1. The molecular weight excluding hydrogens is 392 g/mol. The average Bonchev–Trinajstić information content (AvgIpc) is 2.99. The lowest BCUT2D eigenvalue weighted by molar-refractivity contribution is -0.147. The van der Waals surface area contributed by atoms with Gasteiger partial charge in [0.15, 0.2) is 5.60 Å². The molecule has 4 rings (SSSR count). The van der Waals surface area contributed by atoms with E-state index in [-0.39, 0.29) is 37.6 Å². The van der Waals surface area contributed by atoms with Crippen molar-refractivity contribution in [3.05, 3.63) is 53.1 Å². The van der Waals surface area contributed by atoms with E-state index in [1.165, 1.54) is 24.3 Å². The molecule has 0 aromatic heterocycles. The van der Waals surface area contributed by atoms with Gasteiger partial charge in [0.2, 0.25) is 0 Å². The minimum absolute atomic E-state index is 0.0696. The van der Waals surface area contributed by atoms with Crippen LogP contribution in [0.25, 0.3) is 11.1 Å². The van der Waals surface area contributed by atoms with E-state index < -0.39 is 23.2 Å². The summed E-state index contributed by atoms with van der Waals surface area (Å²) in [5.74, 6) is -2.23. The van der Waals surface area contributed by atoms with E-state index in [0.717, 1.165) is 0 Å². The van der Waals surface area contributed by atoms with Crippen molar-refractivity contribution >= 4 is 5.91 Å². The van der Waals surface area contributed by atoms with Crippen LogP contribution in [-0.2, 0) is 22.6 Å². The average molecular weight is 413 g/mol. The van der Waals surface area contributed by atoms with Gasteiger partial charge in [-0.2, -0.15) is 5.26 Å². The van der Waals surface area contributed by atoms with Gasteiger partial charge in [0.05, 0.1) is 12.0 Å². The molecule has 1 saturated heterocycles. The highest BCUT2D eigenvalue weighted by atomic mass is 19.1. The number of hydrogen-bond donors (Lipinski definition) is 2. The van der Waals surface area contributed by atoms with Crippen molar-refractivity contribution in [2.45, 2.75) is 25.0 Å². The van der Waals surface area contributed by atoms with Crippen LogP contribution in [0.5, 0.6) is 5.75 Å². The predicted octanol–water partition coefficient (Wildman–Crippen LogP) is 2.44. The van der Waals surface area contributed by atoms with Crippen molar-refractivity contribution in [3.63, 3.8) is 0 Å². The second-order valence-corrected chi connectivity index (χ2v) is 7.55. The van der Waals surface area contributed by atoms with Gasteiger partial charge in [-0.05, 0) is 54.8 Å². The maximum Gasteiger partial charge on any atom is 0.252 e. The molecule has 2 aromatic carbocycles. The summed E-state index contributed by atoms with van der Waals surface area (Å²) < 4.78 is 39.9. The molecule has 0 bridgehead atoms. The number of nitrogens with one attached hydrogen (secondary N) is 1. The van der Waals surface area contributed by atoms with E-state index in [9.17, 15) is 14.4 Å². The van der Waals surface area contributed by atoms with E-state index in [2.05, 4.69) is 11.4 Å². The van der Waals surface area contributed by atoms with Gasteiger partial charge < -0.3 is 20.5 Å². The molecule has 3 N–H and O–H groups in total. The lowest BCUT2D eigenvalue weighted by atomic mass is 9.82. The summed E-state index contributed by atoms with van der Waals surface area (Å²) in [4.78, 5) is 12.3. The summed E-state index contributed by atoms with van der Waals surface area (Å²) in [7, 11) is 0. The Labute approximate surface area is 172 Å². The number of carbonyl (C=O) groups is 1. The minimum Gasteiger partial charge on any atom is -0.488 e. The first-order valence-electron chi connectivity index (χ1n) is 9.73. The monoisotopic (exact) mass is 413 g/mol. The number of nitrogens with two attached hydrogens (primary N) is 1. The standard InChI is InChI=1S/C22H21F2N3O3/c23-16-2-3-17-14(7-16)11-29-20-8-13(19(24)9-18(17)20)6-15(10-25)22(21(26)28)12-27-4-1-5-30-22/h2-3,7-9,15,27H,1,4-6,11-12H2,(H2,26,28)/t15-,22?/m0/s1. The summed E-state index contributed by atoms with van der Waals surface area (Å²) in [6, 6.07) is 9.21. The van der Waals surface area contributed by atoms with Gasteiger partial charge in [-0.15, -0.1) is 0 Å². The summed E-state index contributed by atoms with van der Waals surface area (Å²) >= 11 is 0. The molecule has 2 aliphatic rings. The number of ether oxygens (including phenoxy) is 2. The smallest absolute Gasteiger partial charge is 0.252 e. The van der Waals surface area contributed by atoms with E-state index in [0.29, 0.717) is 35.4 Å². The maximum atomic E-state index is 15.0. The Balaban J connectivity index is 1.69. The lowest BCUT2D eigenvalue weighted by Crippen LogP contribution is -2.57. The maximum absolute atomic E-state index is 15.0. The summed E-state index contributed by atoms with van der Waals surface area (Å²) in [5, 5.41) is 12.9. The topological polar surface area (TPSA) is 97.4 Å². The van der Waals surface area contributed by atoms with Crippen LogP contribution < -0.4 is 15.8 Å². The molecule has 1 amide bonds. The molecule has 8 heteroatoms. The number of hydrogen-bond acceptors (Lipinski definition) is 5. The Bertz CT molecular complexity index is 1030. The van der Waals surface area contributed by atoms with Crippen LogP contribution in [0.3, 0.4) is 0 Å². The number of nitriles is 1. The number of primary amides is 1. The van der Waals surface area contributed by atoms with Crippen molar-refractivity contribution in [1.82, 2.24) is 5.32 Å². The molecule has 2 aromatic rings. The summed E-state index contributed by atoms with van der Waals surface area (Å²) in [6.45, 7) is 1.15. The molecule has 2 heterocycles. The van der Waals surface area contributed by atoms with Crippen molar-refractivity contribution in [3.8, 4) is 22.9 Å². The van der Waals surface area contributed by atoms with E-state index in [1.54, 1.807) is 6.07 Å². The summed E-state index contributed by atoms with van der Waals surface area (Å²) in [6.07, 6.45) is 0.605. The molecule has 0 spiro atoms. The van der Waals surface area contributed by atoms with E-state index in [1.807, 2.05) is 0 Å². The highest BCUT2D eigenvalue weighted by molar-refractivity contribution is 5.85. The Morgan fingerprint density at radius 2 is 2.13 bits per heavy atom. The number of rotatable bonds is 4. The normalized spacial score (nSPS) is 21.4. The van der Waals surface area contributed by atoms with Gasteiger partial charge in [-0.1, -0.05) is 6.07 Å². The van der Waals surface area contributed by atoms with Gasteiger partial charge in [-0.25, -0.2) is 8.78 Å². The van der Waals surface area contributed by atoms with E-state index in [4.69, 9.17) is 15.2 Å². The van der Waals surface area contributed by atoms with Crippen LogP contribution in [0.2, 0.25) is 0 Å². The van der Waals surface area contributed by atoms with Crippen molar-refractivity contribution in [2.75, 3.05) is 19.7 Å². The number of fused-ring (bicyclic) bond motifs is 3. The van der Waals surface area contributed by atoms with Gasteiger partial charge in [0, 0.05) is 24.3 Å². The second-order valence-electron chi connectivity index (χ2n) is 7.55. The first kappa shape index (κ1) is 20.3. The van der Waals surface area contributed by atoms with Crippen LogP contribution in [0, 0.1) is 28.9 Å². The van der Waals surface area contributed by atoms with Crippen molar-refractivity contribution in [2.24, 2.45) is 11.7 Å². The number of nitrogens with zero attached hydrogens (tertiary/aromatic N) is 1. The molecule has 30 heavy (non-hydrogen) atoms. The minimum atomic E-state index is -1.54.